The molecule has 2 aromatic carbocycles. The number of rotatable bonds is 3. The van der Waals surface area contributed by atoms with Crippen LogP contribution in [0.1, 0.15) is 16.1 Å². The summed E-state index contributed by atoms with van der Waals surface area (Å²) in [6, 6.07) is 16.8. The summed E-state index contributed by atoms with van der Waals surface area (Å²) in [5, 5.41) is 6.42. The third-order valence-electron chi connectivity index (χ3n) is 5.78. The summed E-state index contributed by atoms with van der Waals surface area (Å²) in [5.41, 5.74) is 1.80. The highest BCUT2D eigenvalue weighted by Crippen LogP contribution is 2.33. The molecule has 2 aliphatic rings. The number of likely N-dealkylation sites (tertiary alicyclic amines) is 2. The molecular weight excluding hydrogens is 326 g/mol. The van der Waals surface area contributed by atoms with Gasteiger partial charge in [-0.1, -0.05) is 47.6 Å². The second kappa shape index (κ2) is 6.25. The fourth-order valence-corrected chi connectivity index (χ4v) is 4.54. The van der Waals surface area contributed by atoms with Gasteiger partial charge in [-0.05, 0) is 28.2 Å². The molecule has 0 radical (unpaired) electrons. The molecule has 3 heterocycles. The Balaban J connectivity index is 1.26. The van der Waals surface area contributed by atoms with Crippen molar-refractivity contribution < 1.29 is 9.32 Å². The van der Waals surface area contributed by atoms with Crippen LogP contribution in [0.2, 0.25) is 0 Å². The molecule has 0 aliphatic carbocycles. The van der Waals surface area contributed by atoms with Crippen molar-refractivity contribution in [3.8, 4) is 0 Å². The van der Waals surface area contributed by atoms with Gasteiger partial charge in [0.1, 0.15) is 6.26 Å². The highest BCUT2D eigenvalue weighted by molar-refractivity contribution is 5.92. The first-order valence-corrected chi connectivity index (χ1v) is 9.16. The van der Waals surface area contributed by atoms with E-state index in [-0.39, 0.29) is 5.91 Å². The molecule has 1 aromatic heterocycles. The van der Waals surface area contributed by atoms with E-state index in [4.69, 9.17) is 4.52 Å². The zero-order chi connectivity index (χ0) is 17.5. The predicted octanol–water partition coefficient (Wildman–Crippen LogP) is 3.03. The minimum atomic E-state index is -0.00578. The van der Waals surface area contributed by atoms with Crippen LogP contribution in [-0.4, -0.2) is 47.0 Å². The molecule has 2 atom stereocenters. The molecule has 0 bridgehead atoms. The predicted molar refractivity (Wildman–Crippen MR) is 98.6 cm³/mol. The Kier molecular flexibility index (Phi) is 3.75. The average molecular weight is 347 g/mol. The first-order chi connectivity index (χ1) is 12.8. The van der Waals surface area contributed by atoms with E-state index in [0.29, 0.717) is 17.5 Å². The van der Waals surface area contributed by atoms with Crippen molar-refractivity contribution in [2.45, 2.75) is 6.54 Å². The first-order valence-electron chi connectivity index (χ1n) is 9.16. The van der Waals surface area contributed by atoms with Gasteiger partial charge in [0.05, 0.1) is 0 Å². The van der Waals surface area contributed by atoms with Gasteiger partial charge < -0.3 is 9.42 Å². The van der Waals surface area contributed by atoms with Crippen molar-refractivity contribution in [2.75, 3.05) is 26.2 Å². The molecule has 2 fully saturated rings. The Labute approximate surface area is 152 Å². The van der Waals surface area contributed by atoms with E-state index in [1.807, 2.05) is 4.90 Å². The molecule has 26 heavy (non-hydrogen) atoms. The van der Waals surface area contributed by atoms with E-state index >= 15 is 0 Å². The Morgan fingerprint density at radius 1 is 1.00 bits per heavy atom. The van der Waals surface area contributed by atoms with E-state index < -0.39 is 0 Å². The van der Waals surface area contributed by atoms with E-state index in [1.165, 1.54) is 22.6 Å². The maximum atomic E-state index is 12.4. The number of carbonyl (C=O) groups is 1. The second-order valence-electron chi connectivity index (χ2n) is 7.45. The van der Waals surface area contributed by atoms with Crippen molar-refractivity contribution in [2.24, 2.45) is 11.8 Å². The lowest BCUT2D eigenvalue weighted by Gasteiger charge is -2.21. The SMILES string of the molecule is O=C(c1ccon1)N1C[C@H]2CN(Cc3cccc4ccccc34)C[C@H]2C1. The monoisotopic (exact) mass is 347 g/mol. The van der Waals surface area contributed by atoms with Crippen LogP contribution < -0.4 is 0 Å². The van der Waals surface area contributed by atoms with Gasteiger partial charge in [0.25, 0.3) is 5.91 Å². The highest BCUT2D eigenvalue weighted by Gasteiger charge is 2.42. The van der Waals surface area contributed by atoms with Gasteiger partial charge >= 0.3 is 0 Å². The fraction of sp³-hybridized carbons (Fsp3) is 0.333. The van der Waals surface area contributed by atoms with Gasteiger partial charge in [0.15, 0.2) is 5.69 Å². The number of carbonyl (C=O) groups excluding carboxylic acids is 1. The van der Waals surface area contributed by atoms with Gasteiger partial charge in [0.2, 0.25) is 0 Å². The molecule has 2 saturated heterocycles. The van der Waals surface area contributed by atoms with Crippen LogP contribution in [0.3, 0.4) is 0 Å². The molecule has 0 saturated carbocycles. The Morgan fingerprint density at radius 2 is 1.77 bits per heavy atom. The summed E-state index contributed by atoms with van der Waals surface area (Å²) < 4.78 is 4.80. The van der Waals surface area contributed by atoms with Crippen LogP contribution in [0.5, 0.6) is 0 Å². The number of hydrogen-bond acceptors (Lipinski definition) is 4. The number of hydrogen-bond donors (Lipinski definition) is 0. The molecule has 132 valence electrons. The third kappa shape index (κ3) is 2.69. The largest absolute Gasteiger partial charge is 0.364 e. The number of benzene rings is 2. The van der Waals surface area contributed by atoms with Gasteiger partial charge in [-0.15, -0.1) is 0 Å². The molecule has 2 aliphatic heterocycles. The van der Waals surface area contributed by atoms with Crippen molar-refractivity contribution >= 4 is 16.7 Å². The standard InChI is InChI=1S/C21H21N3O2/c25-21(20-8-9-26-22-20)24-13-17-11-23(12-18(17)14-24)10-16-6-3-5-15-4-1-2-7-19(15)16/h1-9,17-18H,10-14H2/t17-,18+. The zero-order valence-corrected chi connectivity index (χ0v) is 14.5. The lowest BCUT2D eigenvalue weighted by atomic mass is 10.0. The Hall–Kier alpha value is -2.66. The molecular formula is C21H21N3O2. The van der Waals surface area contributed by atoms with Gasteiger partial charge in [-0.2, -0.15) is 0 Å². The van der Waals surface area contributed by atoms with Gasteiger partial charge in [0, 0.05) is 38.8 Å². The maximum absolute atomic E-state index is 12.4. The maximum Gasteiger partial charge on any atom is 0.276 e. The fourth-order valence-electron chi connectivity index (χ4n) is 4.54. The summed E-state index contributed by atoms with van der Waals surface area (Å²) in [6.45, 7) is 4.73. The minimum Gasteiger partial charge on any atom is -0.364 e. The summed E-state index contributed by atoms with van der Waals surface area (Å²) >= 11 is 0. The van der Waals surface area contributed by atoms with Crippen molar-refractivity contribution in [3.05, 3.63) is 66.1 Å². The van der Waals surface area contributed by atoms with Crippen LogP contribution in [0.25, 0.3) is 10.8 Å². The number of nitrogens with zero attached hydrogens (tertiary/aromatic N) is 3. The molecule has 5 heteroatoms. The number of amides is 1. The molecule has 0 unspecified atom stereocenters. The van der Waals surface area contributed by atoms with Crippen LogP contribution in [0.15, 0.2) is 59.3 Å². The molecule has 0 N–H and O–H groups in total. The third-order valence-corrected chi connectivity index (χ3v) is 5.78. The summed E-state index contributed by atoms with van der Waals surface area (Å²) in [6.07, 6.45) is 1.45. The second-order valence-corrected chi connectivity index (χ2v) is 7.45. The van der Waals surface area contributed by atoms with Crippen LogP contribution in [0, 0.1) is 11.8 Å². The Morgan fingerprint density at radius 3 is 2.54 bits per heavy atom. The number of aromatic nitrogens is 1. The van der Waals surface area contributed by atoms with Crippen molar-refractivity contribution in [1.82, 2.24) is 15.0 Å². The molecule has 5 nitrogen and oxygen atoms in total. The van der Waals surface area contributed by atoms with Crippen molar-refractivity contribution in [1.29, 1.82) is 0 Å². The van der Waals surface area contributed by atoms with Gasteiger partial charge in [-0.25, -0.2) is 0 Å². The highest BCUT2D eigenvalue weighted by atomic mass is 16.5. The lowest BCUT2D eigenvalue weighted by Crippen LogP contribution is -2.33. The molecule has 3 aromatic rings. The number of fused-ring (bicyclic) bond motifs is 2. The molecule has 5 rings (SSSR count). The summed E-state index contributed by atoms with van der Waals surface area (Å²) in [5.74, 6) is 1.11. The summed E-state index contributed by atoms with van der Waals surface area (Å²) in [4.78, 5) is 16.9. The quantitative estimate of drug-likeness (QED) is 0.731. The molecule has 1 amide bonds. The minimum absolute atomic E-state index is 0.00578. The normalized spacial score (nSPS) is 22.8. The summed E-state index contributed by atoms with van der Waals surface area (Å²) in [7, 11) is 0. The molecule has 0 spiro atoms. The lowest BCUT2D eigenvalue weighted by molar-refractivity contribution is 0.0763. The Bertz CT molecular complexity index is 918. The van der Waals surface area contributed by atoms with Crippen molar-refractivity contribution in [3.63, 3.8) is 0 Å². The van der Waals surface area contributed by atoms with E-state index in [2.05, 4.69) is 52.5 Å². The van der Waals surface area contributed by atoms with Crippen LogP contribution in [0.4, 0.5) is 0 Å². The van der Waals surface area contributed by atoms with E-state index in [9.17, 15) is 4.79 Å². The smallest absolute Gasteiger partial charge is 0.276 e. The van der Waals surface area contributed by atoms with E-state index in [0.717, 1.165) is 32.7 Å². The van der Waals surface area contributed by atoms with E-state index in [1.54, 1.807) is 6.07 Å². The van der Waals surface area contributed by atoms with Crippen LogP contribution >= 0.6 is 0 Å². The first kappa shape index (κ1) is 15.6. The van der Waals surface area contributed by atoms with Crippen LogP contribution in [-0.2, 0) is 6.54 Å². The van der Waals surface area contributed by atoms with Gasteiger partial charge in [-0.3, -0.25) is 9.69 Å². The zero-order valence-electron chi connectivity index (χ0n) is 14.5. The topological polar surface area (TPSA) is 49.6 Å². The average Bonchev–Trinajstić information content (AvgIpc) is 3.38.